The summed E-state index contributed by atoms with van der Waals surface area (Å²) in [6, 6.07) is 3.36. The maximum Gasteiger partial charge on any atom is 0.248 e. The molecular formula is C14H21N3O2. The Labute approximate surface area is 113 Å². The number of aromatic nitrogens is 1. The molecule has 1 aliphatic rings. The van der Waals surface area contributed by atoms with Crippen LogP contribution in [0.5, 0.6) is 0 Å². The Morgan fingerprint density at radius 2 is 1.95 bits per heavy atom. The molecule has 2 heterocycles. The van der Waals surface area contributed by atoms with Gasteiger partial charge in [-0.3, -0.25) is 9.59 Å². The van der Waals surface area contributed by atoms with Crippen LogP contribution in [0.3, 0.4) is 0 Å². The summed E-state index contributed by atoms with van der Waals surface area (Å²) < 4.78 is 0. The molecule has 0 aliphatic carbocycles. The first-order valence-corrected chi connectivity index (χ1v) is 6.77. The molecule has 1 N–H and O–H groups in total. The molecule has 1 aromatic heterocycles. The quantitative estimate of drug-likeness (QED) is 0.887. The third-order valence-corrected chi connectivity index (χ3v) is 3.35. The highest BCUT2D eigenvalue weighted by Gasteiger charge is 2.21. The van der Waals surface area contributed by atoms with Gasteiger partial charge in [0.25, 0.3) is 0 Å². The molecule has 0 saturated carbocycles. The van der Waals surface area contributed by atoms with Crippen LogP contribution in [0.2, 0.25) is 0 Å². The molecule has 0 bridgehead atoms. The largest absolute Gasteiger partial charge is 0.367 e. The number of H-pyrrole nitrogens is 1. The maximum atomic E-state index is 12.0. The van der Waals surface area contributed by atoms with Gasteiger partial charge in [0.1, 0.15) is 0 Å². The summed E-state index contributed by atoms with van der Waals surface area (Å²) in [4.78, 5) is 29.8. The van der Waals surface area contributed by atoms with Crippen molar-refractivity contribution in [3.63, 3.8) is 0 Å². The van der Waals surface area contributed by atoms with Crippen LogP contribution in [-0.4, -0.2) is 42.0 Å². The fourth-order valence-electron chi connectivity index (χ4n) is 2.29. The standard InChI is InChI=1S/C14H21N3O2/c1-11(2)9-14(19)17-7-5-16(6-8-17)12-3-4-13(18)15-10-12/h3-4,10-11H,5-9H2,1-2H3,(H,15,18). The number of rotatable bonds is 3. The highest BCUT2D eigenvalue weighted by atomic mass is 16.2. The van der Waals surface area contributed by atoms with E-state index in [1.54, 1.807) is 6.20 Å². The van der Waals surface area contributed by atoms with E-state index in [1.807, 2.05) is 11.0 Å². The number of nitrogens with one attached hydrogen (secondary N) is 1. The zero-order valence-corrected chi connectivity index (χ0v) is 11.6. The molecule has 1 aliphatic heterocycles. The number of amides is 1. The van der Waals surface area contributed by atoms with Gasteiger partial charge in [-0.15, -0.1) is 0 Å². The van der Waals surface area contributed by atoms with E-state index in [0.29, 0.717) is 12.3 Å². The number of carbonyl (C=O) groups is 1. The average molecular weight is 263 g/mol. The van der Waals surface area contributed by atoms with Crippen LogP contribution in [0.1, 0.15) is 20.3 Å². The summed E-state index contributed by atoms with van der Waals surface area (Å²) in [5, 5.41) is 0. The van der Waals surface area contributed by atoms with E-state index in [9.17, 15) is 9.59 Å². The van der Waals surface area contributed by atoms with E-state index in [4.69, 9.17) is 0 Å². The van der Waals surface area contributed by atoms with Crippen molar-refractivity contribution in [3.8, 4) is 0 Å². The number of nitrogens with zero attached hydrogens (tertiary/aromatic N) is 2. The molecule has 1 aromatic rings. The molecule has 104 valence electrons. The van der Waals surface area contributed by atoms with E-state index >= 15 is 0 Å². The van der Waals surface area contributed by atoms with E-state index < -0.39 is 0 Å². The number of piperazine rings is 1. The Kier molecular flexibility index (Phi) is 4.24. The van der Waals surface area contributed by atoms with Gasteiger partial charge in [0.15, 0.2) is 0 Å². The second-order valence-electron chi connectivity index (χ2n) is 5.38. The minimum atomic E-state index is -0.0884. The maximum absolute atomic E-state index is 12.0. The lowest BCUT2D eigenvalue weighted by Crippen LogP contribution is -2.49. The highest BCUT2D eigenvalue weighted by Crippen LogP contribution is 2.14. The van der Waals surface area contributed by atoms with Gasteiger partial charge < -0.3 is 14.8 Å². The Balaban J connectivity index is 1.90. The van der Waals surface area contributed by atoms with Crippen molar-refractivity contribution in [2.24, 2.45) is 5.92 Å². The first kappa shape index (κ1) is 13.6. The third kappa shape index (κ3) is 3.59. The topological polar surface area (TPSA) is 56.4 Å². The molecule has 5 nitrogen and oxygen atoms in total. The monoisotopic (exact) mass is 263 g/mol. The van der Waals surface area contributed by atoms with Gasteiger partial charge in [0.2, 0.25) is 11.5 Å². The first-order chi connectivity index (χ1) is 9.06. The van der Waals surface area contributed by atoms with Crippen LogP contribution in [0, 0.1) is 5.92 Å². The molecule has 0 spiro atoms. The minimum Gasteiger partial charge on any atom is -0.367 e. The number of aromatic amines is 1. The number of hydrogen-bond acceptors (Lipinski definition) is 3. The summed E-state index contributed by atoms with van der Waals surface area (Å²) in [6.07, 6.45) is 2.35. The molecule has 0 radical (unpaired) electrons. The van der Waals surface area contributed by atoms with Gasteiger partial charge in [0, 0.05) is 44.9 Å². The summed E-state index contributed by atoms with van der Waals surface area (Å²) in [6.45, 7) is 7.27. The van der Waals surface area contributed by atoms with Crippen molar-refractivity contribution in [3.05, 3.63) is 28.7 Å². The lowest BCUT2D eigenvalue weighted by Gasteiger charge is -2.36. The van der Waals surface area contributed by atoms with Crippen LogP contribution in [0.25, 0.3) is 0 Å². The van der Waals surface area contributed by atoms with Crippen LogP contribution >= 0.6 is 0 Å². The molecule has 2 rings (SSSR count). The van der Waals surface area contributed by atoms with Crippen molar-refractivity contribution in [1.29, 1.82) is 0 Å². The van der Waals surface area contributed by atoms with Gasteiger partial charge in [-0.2, -0.15) is 0 Å². The molecule has 5 heteroatoms. The third-order valence-electron chi connectivity index (χ3n) is 3.35. The van der Waals surface area contributed by atoms with Crippen LogP contribution in [-0.2, 0) is 4.79 Å². The summed E-state index contributed by atoms with van der Waals surface area (Å²) in [5.74, 6) is 0.654. The first-order valence-electron chi connectivity index (χ1n) is 6.77. The zero-order valence-electron chi connectivity index (χ0n) is 11.6. The smallest absolute Gasteiger partial charge is 0.248 e. The fraction of sp³-hybridized carbons (Fsp3) is 0.571. The molecule has 1 fully saturated rings. The Morgan fingerprint density at radius 1 is 1.26 bits per heavy atom. The van der Waals surface area contributed by atoms with Gasteiger partial charge in [0.05, 0.1) is 5.69 Å². The number of anilines is 1. The molecule has 0 atom stereocenters. The molecule has 19 heavy (non-hydrogen) atoms. The number of hydrogen-bond donors (Lipinski definition) is 1. The molecular weight excluding hydrogens is 242 g/mol. The van der Waals surface area contributed by atoms with E-state index in [-0.39, 0.29) is 11.5 Å². The summed E-state index contributed by atoms with van der Waals surface area (Å²) in [7, 11) is 0. The van der Waals surface area contributed by atoms with E-state index in [1.165, 1.54) is 6.07 Å². The fourth-order valence-corrected chi connectivity index (χ4v) is 2.29. The van der Waals surface area contributed by atoms with Crippen molar-refractivity contribution in [2.45, 2.75) is 20.3 Å². The van der Waals surface area contributed by atoms with Gasteiger partial charge >= 0.3 is 0 Å². The number of pyridine rings is 1. The molecule has 1 saturated heterocycles. The Bertz CT molecular complexity index is 467. The van der Waals surface area contributed by atoms with Gasteiger partial charge in [-0.05, 0) is 12.0 Å². The van der Waals surface area contributed by atoms with Crippen molar-refractivity contribution >= 4 is 11.6 Å². The summed E-state index contributed by atoms with van der Waals surface area (Å²) >= 11 is 0. The zero-order chi connectivity index (χ0) is 13.8. The van der Waals surface area contributed by atoms with Crippen LogP contribution in [0.4, 0.5) is 5.69 Å². The predicted octanol–water partition coefficient (Wildman–Crippen LogP) is 1.07. The van der Waals surface area contributed by atoms with Crippen molar-refractivity contribution in [2.75, 3.05) is 31.1 Å². The SMILES string of the molecule is CC(C)CC(=O)N1CCN(c2ccc(=O)[nH]c2)CC1. The summed E-state index contributed by atoms with van der Waals surface area (Å²) in [5.41, 5.74) is 0.921. The number of carbonyl (C=O) groups excluding carboxylic acids is 1. The normalized spacial score (nSPS) is 15.9. The second kappa shape index (κ2) is 5.91. The molecule has 0 unspecified atom stereocenters. The predicted molar refractivity (Wildman–Crippen MR) is 75.3 cm³/mol. The Hall–Kier alpha value is -1.78. The highest BCUT2D eigenvalue weighted by molar-refractivity contribution is 5.76. The van der Waals surface area contributed by atoms with Crippen LogP contribution < -0.4 is 10.5 Å². The van der Waals surface area contributed by atoms with Crippen LogP contribution in [0.15, 0.2) is 23.1 Å². The molecule has 1 amide bonds. The van der Waals surface area contributed by atoms with E-state index in [2.05, 4.69) is 23.7 Å². The van der Waals surface area contributed by atoms with Gasteiger partial charge in [-0.1, -0.05) is 13.8 Å². The van der Waals surface area contributed by atoms with Crippen molar-refractivity contribution < 1.29 is 4.79 Å². The average Bonchev–Trinajstić information content (AvgIpc) is 2.39. The molecule has 0 aromatic carbocycles. The lowest BCUT2D eigenvalue weighted by atomic mass is 10.1. The lowest BCUT2D eigenvalue weighted by molar-refractivity contribution is -0.132. The van der Waals surface area contributed by atoms with Gasteiger partial charge in [-0.25, -0.2) is 0 Å². The second-order valence-corrected chi connectivity index (χ2v) is 5.38. The van der Waals surface area contributed by atoms with Crippen molar-refractivity contribution in [1.82, 2.24) is 9.88 Å². The minimum absolute atomic E-state index is 0.0884. The Morgan fingerprint density at radius 3 is 2.47 bits per heavy atom. The van der Waals surface area contributed by atoms with E-state index in [0.717, 1.165) is 31.9 Å².